The van der Waals surface area contributed by atoms with E-state index in [0.29, 0.717) is 0 Å². The van der Waals surface area contributed by atoms with Gasteiger partial charge in [-0.3, -0.25) is 10.1 Å². The van der Waals surface area contributed by atoms with Gasteiger partial charge in [-0.25, -0.2) is 0 Å². The van der Waals surface area contributed by atoms with E-state index in [9.17, 15) is 10.1 Å². The Hall–Kier alpha value is -1.41. The standard InChI is InChI=1S/C10H12N2O2S/c1-4-10(2,3)8-5-7(6-11)9(15-8)12(13)14/h5H,4H2,1-3H3. The smallest absolute Gasteiger partial charge is 0.258 e. The van der Waals surface area contributed by atoms with Crippen LogP contribution in [0.2, 0.25) is 0 Å². The monoisotopic (exact) mass is 224 g/mol. The van der Waals surface area contributed by atoms with Crippen molar-refractivity contribution >= 4 is 16.3 Å². The van der Waals surface area contributed by atoms with Crippen LogP contribution in [0.1, 0.15) is 37.6 Å². The quantitative estimate of drug-likeness (QED) is 0.584. The second-order valence-corrected chi connectivity index (χ2v) is 4.97. The van der Waals surface area contributed by atoms with Gasteiger partial charge in [0.1, 0.15) is 11.6 Å². The highest BCUT2D eigenvalue weighted by Crippen LogP contribution is 2.38. The Morgan fingerprint density at radius 2 is 2.27 bits per heavy atom. The molecular weight excluding hydrogens is 212 g/mol. The topological polar surface area (TPSA) is 66.9 Å². The lowest BCUT2D eigenvalue weighted by atomic mass is 9.88. The molecule has 1 aromatic heterocycles. The minimum absolute atomic E-state index is 0.0472. The van der Waals surface area contributed by atoms with Gasteiger partial charge in [0.25, 0.3) is 0 Å². The zero-order valence-corrected chi connectivity index (χ0v) is 9.72. The van der Waals surface area contributed by atoms with E-state index in [1.165, 1.54) is 0 Å². The van der Waals surface area contributed by atoms with Gasteiger partial charge in [-0.1, -0.05) is 32.1 Å². The van der Waals surface area contributed by atoms with Crippen molar-refractivity contribution in [2.24, 2.45) is 0 Å². The third-order valence-corrected chi connectivity index (χ3v) is 4.00. The van der Waals surface area contributed by atoms with Crippen LogP contribution in [-0.4, -0.2) is 4.92 Å². The van der Waals surface area contributed by atoms with Crippen molar-refractivity contribution in [3.05, 3.63) is 26.6 Å². The molecule has 0 aliphatic rings. The fourth-order valence-corrected chi connectivity index (χ4v) is 2.20. The molecule has 0 aromatic carbocycles. The van der Waals surface area contributed by atoms with Crippen LogP contribution >= 0.6 is 11.3 Å². The Bertz CT molecular complexity index is 429. The van der Waals surface area contributed by atoms with Crippen LogP contribution in [0.25, 0.3) is 0 Å². The van der Waals surface area contributed by atoms with Gasteiger partial charge in [-0.2, -0.15) is 5.26 Å². The van der Waals surface area contributed by atoms with E-state index in [1.54, 1.807) is 6.07 Å². The van der Waals surface area contributed by atoms with E-state index < -0.39 is 4.92 Å². The SMILES string of the molecule is CCC(C)(C)c1cc(C#N)c([N+](=O)[O-])s1. The molecule has 0 bridgehead atoms. The second kappa shape index (κ2) is 3.99. The molecule has 0 unspecified atom stereocenters. The van der Waals surface area contributed by atoms with Crippen molar-refractivity contribution < 1.29 is 4.92 Å². The molecular formula is C10H12N2O2S. The molecule has 0 N–H and O–H groups in total. The van der Waals surface area contributed by atoms with E-state index >= 15 is 0 Å². The van der Waals surface area contributed by atoms with Gasteiger partial charge in [-0.05, 0) is 17.9 Å². The number of thiophene rings is 1. The molecule has 0 spiro atoms. The zero-order chi connectivity index (χ0) is 11.6. The van der Waals surface area contributed by atoms with Crippen molar-refractivity contribution in [1.29, 1.82) is 5.26 Å². The number of hydrogen-bond acceptors (Lipinski definition) is 4. The van der Waals surface area contributed by atoms with Crippen molar-refractivity contribution in [3.8, 4) is 6.07 Å². The van der Waals surface area contributed by atoms with Gasteiger partial charge in [0, 0.05) is 4.88 Å². The van der Waals surface area contributed by atoms with E-state index in [-0.39, 0.29) is 16.0 Å². The highest BCUT2D eigenvalue weighted by Gasteiger charge is 2.27. The fourth-order valence-electron chi connectivity index (χ4n) is 1.10. The number of nitriles is 1. The maximum atomic E-state index is 10.7. The summed E-state index contributed by atoms with van der Waals surface area (Å²) in [7, 11) is 0. The fraction of sp³-hybridized carbons (Fsp3) is 0.500. The van der Waals surface area contributed by atoms with E-state index in [0.717, 1.165) is 22.6 Å². The van der Waals surface area contributed by atoms with Crippen molar-refractivity contribution in [1.82, 2.24) is 0 Å². The van der Waals surface area contributed by atoms with Crippen LogP contribution in [0.3, 0.4) is 0 Å². The average molecular weight is 224 g/mol. The van der Waals surface area contributed by atoms with Gasteiger partial charge < -0.3 is 0 Å². The summed E-state index contributed by atoms with van der Waals surface area (Å²) in [6, 6.07) is 3.49. The van der Waals surface area contributed by atoms with Crippen LogP contribution in [0.4, 0.5) is 5.00 Å². The van der Waals surface area contributed by atoms with Gasteiger partial charge >= 0.3 is 5.00 Å². The van der Waals surface area contributed by atoms with Gasteiger partial charge in [0.2, 0.25) is 0 Å². The molecule has 0 fully saturated rings. The lowest BCUT2D eigenvalue weighted by molar-refractivity contribution is -0.380. The third-order valence-electron chi connectivity index (χ3n) is 2.55. The van der Waals surface area contributed by atoms with Crippen LogP contribution in [-0.2, 0) is 5.41 Å². The molecule has 0 aliphatic carbocycles. The normalized spacial score (nSPS) is 11.1. The average Bonchev–Trinajstić information content (AvgIpc) is 2.62. The maximum absolute atomic E-state index is 10.7. The highest BCUT2D eigenvalue weighted by atomic mass is 32.1. The van der Waals surface area contributed by atoms with Crippen LogP contribution in [0.15, 0.2) is 6.07 Å². The zero-order valence-electron chi connectivity index (χ0n) is 8.90. The number of hydrogen-bond donors (Lipinski definition) is 0. The predicted molar refractivity (Wildman–Crippen MR) is 59.0 cm³/mol. The maximum Gasteiger partial charge on any atom is 0.342 e. The molecule has 1 heterocycles. The largest absolute Gasteiger partial charge is 0.342 e. The Kier molecular flexibility index (Phi) is 3.10. The molecule has 15 heavy (non-hydrogen) atoms. The minimum Gasteiger partial charge on any atom is -0.258 e. The van der Waals surface area contributed by atoms with Crippen molar-refractivity contribution in [2.45, 2.75) is 32.6 Å². The minimum atomic E-state index is -0.488. The molecule has 1 aromatic rings. The van der Waals surface area contributed by atoms with E-state index in [1.807, 2.05) is 26.8 Å². The Morgan fingerprint density at radius 3 is 2.60 bits per heavy atom. The number of rotatable bonds is 3. The Labute approximate surface area is 92.3 Å². The first-order valence-electron chi connectivity index (χ1n) is 4.61. The third kappa shape index (κ3) is 2.16. The number of nitro groups is 1. The van der Waals surface area contributed by atoms with Crippen molar-refractivity contribution in [2.75, 3.05) is 0 Å². The van der Waals surface area contributed by atoms with Gasteiger partial charge in [0.05, 0.1) is 4.92 Å². The first kappa shape index (κ1) is 11.7. The van der Waals surface area contributed by atoms with E-state index in [4.69, 9.17) is 5.26 Å². The summed E-state index contributed by atoms with van der Waals surface area (Å²) in [6.07, 6.45) is 0.884. The van der Waals surface area contributed by atoms with Crippen LogP contribution in [0, 0.1) is 21.4 Å². The summed E-state index contributed by atoms with van der Waals surface area (Å²) in [6.45, 7) is 6.06. The van der Waals surface area contributed by atoms with Crippen molar-refractivity contribution in [3.63, 3.8) is 0 Å². The lowest BCUT2D eigenvalue weighted by Crippen LogP contribution is -2.12. The summed E-state index contributed by atoms with van der Waals surface area (Å²) >= 11 is 1.10. The van der Waals surface area contributed by atoms with Crippen LogP contribution in [0.5, 0.6) is 0 Å². The number of nitrogens with zero attached hydrogens (tertiary/aromatic N) is 2. The van der Waals surface area contributed by atoms with Gasteiger partial charge in [-0.15, -0.1) is 0 Å². The second-order valence-electron chi connectivity index (χ2n) is 3.94. The lowest BCUT2D eigenvalue weighted by Gasteiger charge is -2.19. The van der Waals surface area contributed by atoms with E-state index in [2.05, 4.69) is 0 Å². The summed E-state index contributed by atoms with van der Waals surface area (Å²) in [5, 5.41) is 19.4. The predicted octanol–water partition coefficient (Wildman–Crippen LogP) is 3.22. The van der Waals surface area contributed by atoms with Crippen LogP contribution < -0.4 is 0 Å². The molecule has 0 aliphatic heterocycles. The molecule has 0 saturated carbocycles. The summed E-state index contributed by atoms with van der Waals surface area (Å²) in [5.74, 6) is 0. The Morgan fingerprint density at radius 1 is 1.67 bits per heavy atom. The Balaban J connectivity index is 3.27. The molecule has 0 amide bonds. The molecule has 0 saturated heterocycles. The molecule has 0 radical (unpaired) electrons. The first-order valence-corrected chi connectivity index (χ1v) is 5.43. The summed E-state index contributed by atoms with van der Waals surface area (Å²) < 4.78 is 0. The molecule has 80 valence electrons. The molecule has 4 nitrogen and oxygen atoms in total. The molecule has 1 rings (SSSR count). The first-order chi connectivity index (χ1) is 6.92. The van der Waals surface area contributed by atoms with Gasteiger partial charge in [0.15, 0.2) is 0 Å². The molecule has 0 atom stereocenters. The molecule has 5 heteroatoms. The summed E-state index contributed by atoms with van der Waals surface area (Å²) in [5.41, 5.74) is 0.0615. The summed E-state index contributed by atoms with van der Waals surface area (Å²) in [4.78, 5) is 11.1. The highest BCUT2D eigenvalue weighted by molar-refractivity contribution is 7.15.